The summed E-state index contributed by atoms with van der Waals surface area (Å²) in [6.07, 6.45) is 0.989. The summed E-state index contributed by atoms with van der Waals surface area (Å²) in [6.45, 7) is 5.60. The Morgan fingerprint density at radius 1 is 1.36 bits per heavy atom. The first-order valence-electron chi connectivity index (χ1n) is 8.58. The van der Waals surface area contributed by atoms with E-state index in [1.807, 2.05) is 6.07 Å². The Labute approximate surface area is 153 Å². The monoisotopic (exact) mass is 361 g/mol. The second kappa shape index (κ2) is 8.47. The molecular weight excluding hydrogens is 338 g/mol. The molecule has 2 unspecified atom stereocenters. The second-order valence-electron chi connectivity index (χ2n) is 6.22. The fraction of sp³-hybridized carbons (Fsp3) is 0.444. The van der Waals surface area contributed by atoms with E-state index in [0.717, 1.165) is 32.7 Å². The molecule has 1 aliphatic rings. The number of anilines is 2. The number of nitrogens with two attached hydrogens (primary N) is 1. The number of halogens is 1. The zero-order valence-electron chi connectivity index (χ0n) is 14.4. The summed E-state index contributed by atoms with van der Waals surface area (Å²) in [6, 6.07) is 12.3. The maximum absolute atomic E-state index is 6.02. The lowest BCUT2D eigenvalue weighted by atomic mass is 10.1. The Morgan fingerprint density at radius 3 is 2.88 bits per heavy atom. The molecule has 134 valence electrons. The van der Waals surface area contributed by atoms with Gasteiger partial charge in [-0.25, -0.2) is 4.98 Å². The van der Waals surface area contributed by atoms with Crippen molar-refractivity contribution in [1.29, 1.82) is 0 Å². The average molecular weight is 362 g/mol. The van der Waals surface area contributed by atoms with Crippen LogP contribution < -0.4 is 11.1 Å². The van der Waals surface area contributed by atoms with E-state index in [9.17, 15) is 0 Å². The molecule has 3 rings (SSSR count). The van der Waals surface area contributed by atoms with E-state index in [2.05, 4.69) is 51.4 Å². The number of aromatic nitrogens is 2. The molecule has 0 aliphatic carbocycles. The fourth-order valence-electron chi connectivity index (χ4n) is 3.12. The van der Waals surface area contributed by atoms with Crippen LogP contribution in [0.3, 0.4) is 0 Å². The van der Waals surface area contributed by atoms with Crippen molar-refractivity contribution in [2.75, 3.05) is 30.7 Å². The number of nitrogen functional groups attached to an aromatic ring is 1. The first-order chi connectivity index (χ1) is 12.1. The molecule has 0 spiro atoms. The summed E-state index contributed by atoms with van der Waals surface area (Å²) in [5, 5.41) is 3.73. The first kappa shape index (κ1) is 17.9. The minimum Gasteiger partial charge on any atom is -0.373 e. The number of benzene rings is 1. The molecule has 1 aliphatic heterocycles. The Morgan fingerprint density at radius 2 is 2.16 bits per heavy atom. The predicted molar refractivity (Wildman–Crippen MR) is 101 cm³/mol. The molecule has 0 radical (unpaired) electrons. The molecular formula is C18H24ClN5O. The van der Waals surface area contributed by atoms with Crippen LogP contribution in [0.4, 0.5) is 11.8 Å². The standard InChI is InChI=1S/C18H24ClN5O/c1-2-14(21-17-10-16(19)22-18(20)23-17)15-12-24(8-9-25-15)11-13-6-4-3-5-7-13/h3-7,10,14-15H,2,8-9,11-12H2,1H3,(H3,20,21,22,23). The third kappa shape index (κ3) is 5.04. The van der Waals surface area contributed by atoms with Gasteiger partial charge in [-0.1, -0.05) is 48.9 Å². The van der Waals surface area contributed by atoms with Crippen LogP contribution in [0, 0.1) is 0 Å². The van der Waals surface area contributed by atoms with Crippen molar-refractivity contribution in [3.8, 4) is 0 Å². The van der Waals surface area contributed by atoms with E-state index in [1.165, 1.54) is 5.56 Å². The van der Waals surface area contributed by atoms with E-state index in [0.29, 0.717) is 11.0 Å². The maximum Gasteiger partial charge on any atom is 0.223 e. The van der Waals surface area contributed by atoms with E-state index in [1.54, 1.807) is 6.07 Å². The zero-order valence-corrected chi connectivity index (χ0v) is 15.1. The largest absolute Gasteiger partial charge is 0.373 e. The molecule has 0 amide bonds. The molecule has 1 fully saturated rings. The van der Waals surface area contributed by atoms with Crippen LogP contribution in [0.5, 0.6) is 0 Å². The van der Waals surface area contributed by atoms with Gasteiger partial charge >= 0.3 is 0 Å². The van der Waals surface area contributed by atoms with Crippen LogP contribution in [-0.2, 0) is 11.3 Å². The summed E-state index contributed by atoms with van der Waals surface area (Å²) in [7, 11) is 0. The molecule has 3 N–H and O–H groups in total. The average Bonchev–Trinajstić information content (AvgIpc) is 2.60. The number of rotatable bonds is 6. The van der Waals surface area contributed by atoms with E-state index < -0.39 is 0 Å². The van der Waals surface area contributed by atoms with Gasteiger partial charge in [-0.15, -0.1) is 0 Å². The lowest BCUT2D eigenvalue weighted by Gasteiger charge is -2.37. The first-order valence-corrected chi connectivity index (χ1v) is 8.96. The third-order valence-corrected chi connectivity index (χ3v) is 4.55. The molecule has 1 aromatic heterocycles. The van der Waals surface area contributed by atoms with E-state index in [-0.39, 0.29) is 18.1 Å². The Kier molecular flexibility index (Phi) is 6.07. The smallest absolute Gasteiger partial charge is 0.223 e. The molecule has 0 bridgehead atoms. The number of hydrogen-bond donors (Lipinski definition) is 2. The van der Waals surface area contributed by atoms with Gasteiger partial charge in [0.1, 0.15) is 11.0 Å². The molecule has 1 aromatic carbocycles. The molecule has 1 saturated heterocycles. The normalized spacial score (nSPS) is 19.5. The molecule has 0 saturated carbocycles. The lowest BCUT2D eigenvalue weighted by molar-refractivity contribution is -0.0403. The number of hydrogen-bond acceptors (Lipinski definition) is 6. The van der Waals surface area contributed by atoms with Crippen molar-refractivity contribution < 1.29 is 4.74 Å². The van der Waals surface area contributed by atoms with Gasteiger partial charge in [0.05, 0.1) is 18.8 Å². The third-order valence-electron chi connectivity index (χ3n) is 4.36. The van der Waals surface area contributed by atoms with Gasteiger partial charge in [0.25, 0.3) is 0 Å². The van der Waals surface area contributed by atoms with Gasteiger partial charge < -0.3 is 15.8 Å². The lowest BCUT2D eigenvalue weighted by Crippen LogP contribution is -2.49. The van der Waals surface area contributed by atoms with Gasteiger partial charge in [-0.05, 0) is 12.0 Å². The highest BCUT2D eigenvalue weighted by atomic mass is 35.5. The SMILES string of the molecule is CCC(Nc1cc(Cl)nc(N)n1)C1CN(Cc2ccccc2)CCO1. The highest BCUT2D eigenvalue weighted by Crippen LogP contribution is 2.19. The number of nitrogens with zero attached hydrogens (tertiary/aromatic N) is 3. The Balaban J connectivity index is 1.63. The minimum atomic E-state index is 0.0810. The van der Waals surface area contributed by atoms with E-state index >= 15 is 0 Å². The van der Waals surface area contributed by atoms with Crippen molar-refractivity contribution in [3.05, 3.63) is 47.1 Å². The van der Waals surface area contributed by atoms with Crippen molar-refractivity contribution in [1.82, 2.24) is 14.9 Å². The van der Waals surface area contributed by atoms with Crippen molar-refractivity contribution in [2.24, 2.45) is 0 Å². The quantitative estimate of drug-likeness (QED) is 0.770. The van der Waals surface area contributed by atoms with Crippen LogP contribution in [0.15, 0.2) is 36.4 Å². The van der Waals surface area contributed by atoms with Crippen LogP contribution in [0.25, 0.3) is 0 Å². The second-order valence-corrected chi connectivity index (χ2v) is 6.61. The Bertz CT molecular complexity index is 664. The van der Waals surface area contributed by atoms with Crippen LogP contribution in [0.1, 0.15) is 18.9 Å². The topological polar surface area (TPSA) is 76.3 Å². The minimum absolute atomic E-state index is 0.0810. The molecule has 6 nitrogen and oxygen atoms in total. The van der Waals surface area contributed by atoms with Crippen LogP contribution in [0.2, 0.25) is 5.15 Å². The Hall–Kier alpha value is -1.89. The van der Waals surface area contributed by atoms with E-state index in [4.69, 9.17) is 22.1 Å². The van der Waals surface area contributed by atoms with Crippen LogP contribution >= 0.6 is 11.6 Å². The van der Waals surface area contributed by atoms with Gasteiger partial charge in [0.15, 0.2) is 0 Å². The summed E-state index contributed by atoms with van der Waals surface area (Å²) in [4.78, 5) is 10.5. The molecule has 7 heteroatoms. The van der Waals surface area contributed by atoms with Crippen molar-refractivity contribution >= 4 is 23.4 Å². The molecule has 2 heterocycles. The number of morpholine rings is 1. The highest BCUT2D eigenvalue weighted by Gasteiger charge is 2.27. The van der Waals surface area contributed by atoms with Gasteiger partial charge in [-0.3, -0.25) is 4.90 Å². The summed E-state index contributed by atoms with van der Waals surface area (Å²) < 4.78 is 6.02. The zero-order chi connectivity index (χ0) is 17.6. The highest BCUT2D eigenvalue weighted by molar-refractivity contribution is 6.29. The number of nitrogens with one attached hydrogen (secondary N) is 1. The molecule has 2 aromatic rings. The maximum atomic E-state index is 6.02. The van der Waals surface area contributed by atoms with Gasteiger partial charge in [-0.2, -0.15) is 4.98 Å². The molecule has 2 atom stereocenters. The fourth-order valence-corrected chi connectivity index (χ4v) is 3.31. The predicted octanol–water partition coefficient (Wildman–Crippen LogP) is 2.80. The number of ether oxygens (including phenoxy) is 1. The summed E-state index contributed by atoms with van der Waals surface area (Å²) in [5.41, 5.74) is 7.00. The van der Waals surface area contributed by atoms with Crippen molar-refractivity contribution in [2.45, 2.75) is 32.0 Å². The summed E-state index contributed by atoms with van der Waals surface area (Å²) in [5.74, 6) is 0.799. The van der Waals surface area contributed by atoms with Crippen molar-refractivity contribution in [3.63, 3.8) is 0 Å². The van der Waals surface area contributed by atoms with Gasteiger partial charge in [0, 0.05) is 25.7 Å². The summed E-state index contributed by atoms with van der Waals surface area (Å²) >= 11 is 5.97. The molecule has 25 heavy (non-hydrogen) atoms. The van der Waals surface area contributed by atoms with Crippen LogP contribution in [-0.4, -0.2) is 46.7 Å². The van der Waals surface area contributed by atoms with Gasteiger partial charge in [0.2, 0.25) is 5.95 Å².